The fraction of sp³-hybridized carbons (Fsp3) is 0.955. The van der Waals surface area contributed by atoms with Crippen molar-refractivity contribution in [1.82, 2.24) is 0 Å². The zero-order valence-corrected chi connectivity index (χ0v) is 15.9. The summed E-state index contributed by atoms with van der Waals surface area (Å²) in [6.07, 6.45) is 23.8. The van der Waals surface area contributed by atoms with Crippen LogP contribution in [0.4, 0.5) is 0 Å². The summed E-state index contributed by atoms with van der Waals surface area (Å²) < 4.78 is 0. The number of unbranched alkanes of at least 4 members (excludes halogenated alkanes) is 9. The second-order valence-corrected chi connectivity index (χ2v) is 7.32. The minimum atomic E-state index is -0.250. The summed E-state index contributed by atoms with van der Waals surface area (Å²) >= 11 is 0. The van der Waals surface area contributed by atoms with Gasteiger partial charge < -0.3 is 5.11 Å². The van der Waals surface area contributed by atoms with E-state index >= 15 is 0 Å². The minimum absolute atomic E-state index is 0. The fourth-order valence-corrected chi connectivity index (χ4v) is 4.07. The molecule has 0 amide bonds. The highest BCUT2D eigenvalue weighted by Crippen LogP contribution is 2.38. The highest BCUT2D eigenvalue weighted by atomic mass is 16.3. The van der Waals surface area contributed by atoms with Crippen LogP contribution in [0.2, 0.25) is 0 Å². The van der Waals surface area contributed by atoms with Gasteiger partial charge >= 0.3 is 0 Å². The lowest BCUT2D eigenvalue weighted by atomic mass is 9.86. The van der Waals surface area contributed by atoms with Crippen LogP contribution >= 0.6 is 0 Å². The second-order valence-electron chi connectivity index (χ2n) is 7.32. The van der Waals surface area contributed by atoms with Crippen molar-refractivity contribution >= 4 is 6.47 Å². The molecule has 1 aliphatic carbocycles. The standard InChI is InChI=1S/C20H40.CH2O2.CH4/c1-3-5-7-9-11-13-16-20-18-14-17-19(20)15-12-10-8-6-4-2;2-1-3;/h19-20H,3-18H2,1-2H3;1H,(H,2,3);1H4/t19-,20?;;/m0../s1. The molecule has 1 aliphatic rings. The SMILES string of the molecule is C.CCCCCCCCC1CCC[C@@H]1CCCCCCC.O=CO. The van der Waals surface area contributed by atoms with Gasteiger partial charge in [0.1, 0.15) is 0 Å². The summed E-state index contributed by atoms with van der Waals surface area (Å²) in [5, 5.41) is 6.89. The molecule has 2 nitrogen and oxygen atoms in total. The molecule has 1 rings (SSSR count). The van der Waals surface area contributed by atoms with Crippen LogP contribution in [0.3, 0.4) is 0 Å². The Morgan fingerprint density at radius 1 is 0.750 bits per heavy atom. The first-order chi connectivity index (χ1) is 11.3. The molecule has 1 unspecified atom stereocenters. The molecule has 0 spiro atoms. The molecule has 146 valence electrons. The van der Waals surface area contributed by atoms with Gasteiger partial charge in [0, 0.05) is 0 Å². The van der Waals surface area contributed by atoms with Crippen LogP contribution in [0.15, 0.2) is 0 Å². The highest BCUT2D eigenvalue weighted by Gasteiger charge is 2.25. The molecule has 24 heavy (non-hydrogen) atoms. The highest BCUT2D eigenvalue weighted by molar-refractivity contribution is 5.32. The molecule has 0 aromatic carbocycles. The van der Waals surface area contributed by atoms with E-state index in [-0.39, 0.29) is 13.9 Å². The molecule has 0 heterocycles. The van der Waals surface area contributed by atoms with Crippen molar-refractivity contribution in [2.24, 2.45) is 11.8 Å². The molecule has 0 aromatic rings. The zero-order valence-electron chi connectivity index (χ0n) is 15.9. The molecular formula is C22H46O2. The molecule has 2 heteroatoms. The quantitative estimate of drug-likeness (QED) is 0.273. The Hall–Kier alpha value is -0.530. The van der Waals surface area contributed by atoms with Gasteiger partial charge in [0.2, 0.25) is 0 Å². The van der Waals surface area contributed by atoms with Gasteiger partial charge in [-0.15, -0.1) is 0 Å². The Morgan fingerprint density at radius 2 is 1.08 bits per heavy atom. The van der Waals surface area contributed by atoms with Crippen LogP contribution < -0.4 is 0 Å². The first-order valence-corrected chi connectivity index (χ1v) is 10.4. The van der Waals surface area contributed by atoms with Gasteiger partial charge in [-0.1, -0.05) is 124 Å². The van der Waals surface area contributed by atoms with Crippen LogP contribution in [-0.2, 0) is 4.79 Å². The summed E-state index contributed by atoms with van der Waals surface area (Å²) in [6, 6.07) is 0. The molecule has 1 fully saturated rings. The summed E-state index contributed by atoms with van der Waals surface area (Å²) in [7, 11) is 0. The lowest BCUT2D eigenvalue weighted by Crippen LogP contribution is -2.08. The number of hydrogen-bond acceptors (Lipinski definition) is 1. The van der Waals surface area contributed by atoms with Crippen LogP contribution in [0.1, 0.15) is 124 Å². The van der Waals surface area contributed by atoms with Gasteiger partial charge in [-0.25, -0.2) is 0 Å². The normalized spacial score (nSPS) is 19.2. The first kappa shape index (κ1) is 25.7. The molecular weight excluding hydrogens is 296 g/mol. The lowest BCUT2D eigenvalue weighted by Gasteiger charge is -2.19. The molecule has 0 aliphatic heterocycles. The summed E-state index contributed by atoms with van der Waals surface area (Å²) in [5.41, 5.74) is 0. The third kappa shape index (κ3) is 15.0. The maximum atomic E-state index is 8.36. The topological polar surface area (TPSA) is 37.3 Å². The molecule has 1 saturated carbocycles. The van der Waals surface area contributed by atoms with Gasteiger partial charge in [0.25, 0.3) is 6.47 Å². The summed E-state index contributed by atoms with van der Waals surface area (Å²) in [6.45, 7) is 4.37. The molecule has 2 atom stereocenters. The minimum Gasteiger partial charge on any atom is -0.483 e. The van der Waals surface area contributed by atoms with Crippen molar-refractivity contribution in [3.05, 3.63) is 0 Å². The number of carboxylic acid groups (broad SMARTS) is 1. The Morgan fingerprint density at radius 3 is 1.46 bits per heavy atom. The van der Waals surface area contributed by atoms with Crippen LogP contribution in [0.25, 0.3) is 0 Å². The molecule has 0 bridgehead atoms. The van der Waals surface area contributed by atoms with Crippen molar-refractivity contribution in [1.29, 1.82) is 0 Å². The van der Waals surface area contributed by atoms with Gasteiger partial charge in [0.15, 0.2) is 0 Å². The van der Waals surface area contributed by atoms with Crippen molar-refractivity contribution in [3.8, 4) is 0 Å². The smallest absolute Gasteiger partial charge is 0.290 e. The number of hydrogen-bond donors (Lipinski definition) is 1. The zero-order chi connectivity index (χ0) is 17.2. The monoisotopic (exact) mass is 342 g/mol. The van der Waals surface area contributed by atoms with E-state index in [4.69, 9.17) is 9.90 Å². The first-order valence-electron chi connectivity index (χ1n) is 10.4. The Balaban J connectivity index is 0. The van der Waals surface area contributed by atoms with Gasteiger partial charge in [0.05, 0.1) is 0 Å². The van der Waals surface area contributed by atoms with Crippen LogP contribution in [0, 0.1) is 11.8 Å². The van der Waals surface area contributed by atoms with E-state index in [1.54, 1.807) is 25.7 Å². The fourth-order valence-electron chi connectivity index (χ4n) is 4.07. The molecule has 0 saturated heterocycles. The Bertz CT molecular complexity index is 240. The number of carbonyl (C=O) groups is 1. The molecule has 0 aromatic heterocycles. The maximum absolute atomic E-state index is 8.36. The average molecular weight is 343 g/mol. The Kier molecular flexibility index (Phi) is 22.0. The summed E-state index contributed by atoms with van der Waals surface area (Å²) in [5.74, 6) is 2.21. The van der Waals surface area contributed by atoms with E-state index in [1.807, 2.05) is 0 Å². The Labute approximate surface area is 152 Å². The van der Waals surface area contributed by atoms with Crippen molar-refractivity contribution < 1.29 is 9.90 Å². The van der Waals surface area contributed by atoms with E-state index < -0.39 is 0 Å². The van der Waals surface area contributed by atoms with Crippen molar-refractivity contribution in [2.45, 2.75) is 124 Å². The van der Waals surface area contributed by atoms with Crippen LogP contribution in [0.5, 0.6) is 0 Å². The largest absolute Gasteiger partial charge is 0.483 e. The summed E-state index contributed by atoms with van der Waals surface area (Å²) in [4.78, 5) is 8.36. The second kappa shape index (κ2) is 20.5. The van der Waals surface area contributed by atoms with Gasteiger partial charge in [-0.2, -0.15) is 0 Å². The van der Waals surface area contributed by atoms with E-state index in [0.717, 1.165) is 11.8 Å². The molecule has 1 N–H and O–H groups in total. The third-order valence-corrected chi connectivity index (χ3v) is 5.42. The predicted octanol–water partition coefficient (Wildman–Crippen LogP) is 7.85. The van der Waals surface area contributed by atoms with Gasteiger partial charge in [-0.3, -0.25) is 4.79 Å². The molecule has 0 radical (unpaired) electrons. The van der Waals surface area contributed by atoms with Gasteiger partial charge in [-0.05, 0) is 11.8 Å². The van der Waals surface area contributed by atoms with Crippen molar-refractivity contribution in [3.63, 3.8) is 0 Å². The average Bonchev–Trinajstić information content (AvgIpc) is 2.99. The third-order valence-electron chi connectivity index (χ3n) is 5.42. The number of rotatable bonds is 13. The van der Waals surface area contributed by atoms with E-state index in [0.29, 0.717) is 0 Å². The van der Waals surface area contributed by atoms with Crippen LogP contribution in [-0.4, -0.2) is 11.6 Å². The maximum Gasteiger partial charge on any atom is 0.290 e. The van der Waals surface area contributed by atoms with Crippen molar-refractivity contribution in [2.75, 3.05) is 0 Å². The van der Waals surface area contributed by atoms with E-state index in [2.05, 4.69) is 13.8 Å². The predicted molar refractivity (Wildman–Crippen MR) is 108 cm³/mol. The van der Waals surface area contributed by atoms with E-state index in [9.17, 15) is 0 Å². The van der Waals surface area contributed by atoms with E-state index in [1.165, 1.54) is 77.0 Å². The lowest BCUT2D eigenvalue weighted by molar-refractivity contribution is -0.122.